The van der Waals surface area contributed by atoms with Crippen LogP contribution in [-0.4, -0.2) is 39.8 Å². The second-order valence-electron chi connectivity index (χ2n) is 5.86. The zero-order chi connectivity index (χ0) is 18.5. The fourth-order valence-corrected chi connectivity index (χ4v) is 2.59. The van der Waals surface area contributed by atoms with E-state index in [1.807, 2.05) is 50.2 Å². The summed E-state index contributed by atoms with van der Waals surface area (Å²) < 4.78 is 6.87. The Morgan fingerprint density at radius 1 is 1.19 bits per heavy atom. The molecule has 3 rings (SSSR count). The highest BCUT2D eigenvalue weighted by Crippen LogP contribution is 2.25. The molecule has 0 spiro atoms. The normalized spacial score (nSPS) is 10.4. The summed E-state index contributed by atoms with van der Waals surface area (Å²) >= 11 is 0. The number of nitrogens with one attached hydrogen (secondary N) is 2. The molecule has 0 saturated carbocycles. The highest BCUT2D eigenvalue weighted by molar-refractivity contribution is 5.95. The molecule has 0 aliphatic heterocycles. The summed E-state index contributed by atoms with van der Waals surface area (Å²) in [7, 11) is 1.58. The van der Waals surface area contributed by atoms with Crippen molar-refractivity contribution in [2.45, 2.75) is 13.8 Å². The number of benzene rings is 2. The van der Waals surface area contributed by atoms with Crippen molar-refractivity contribution in [3.63, 3.8) is 0 Å². The third-order valence-electron chi connectivity index (χ3n) is 3.87. The Morgan fingerprint density at radius 3 is 2.73 bits per heavy atom. The smallest absolute Gasteiger partial charge is 0.243 e. The number of methoxy groups -OCH3 is 1. The summed E-state index contributed by atoms with van der Waals surface area (Å²) in [4.78, 5) is 12.2. The second kappa shape index (κ2) is 7.64. The van der Waals surface area contributed by atoms with E-state index in [2.05, 4.69) is 26.2 Å². The van der Waals surface area contributed by atoms with Crippen LogP contribution in [0.15, 0.2) is 42.7 Å². The van der Waals surface area contributed by atoms with Gasteiger partial charge >= 0.3 is 0 Å². The number of hydrogen-bond acceptors (Lipinski definition) is 6. The first-order chi connectivity index (χ1) is 12.6. The van der Waals surface area contributed by atoms with E-state index in [-0.39, 0.29) is 12.5 Å². The van der Waals surface area contributed by atoms with Crippen LogP contribution in [0.4, 0.5) is 11.4 Å². The predicted molar refractivity (Wildman–Crippen MR) is 98.7 cm³/mol. The van der Waals surface area contributed by atoms with Gasteiger partial charge in [-0.15, -0.1) is 5.10 Å². The van der Waals surface area contributed by atoms with Gasteiger partial charge in [0, 0.05) is 5.69 Å². The lowest BCUT2D eigenvalue weighted by atomic mass is 10.2. The highest BCUT2D eigenvalue weighted by atomic mass is 16.5. The molecule has 134 valence electrons. The van der Waals surface area contributed by atoms with Crippen LogP contribution in [-0.2, 0) is 4.79 Å². The number of amides is 1. The molecule has 0 radical (unpaired) electrons. The maximum atomic E-state index is 12.2. The summed E-state index contributed by atoms with van der Waals surface area (Å²) in [6.45, 7) is 4.06. The van der Waals surface area contributed by atoms with Crippen molar-refractivity contribution in [1.82, 2.24) is 20.2 Å². The number of hydrogen-bond donors (Lipinski definition) is 2. The van der Waals surface area contributed by atoms with Gasteiger partial charge in [0.25, 0.3) is 0 Å². The van der Waals surface area contributed by atoms with E-state index in [4.69, 9.17) is 4.74 Å². The average molecular weight is 352 g/mol. The van der Waals surface area contributed by atoms with Crippen LogP contribution in [0.5, 0.6) is 5.75 Å². The van der Waals surface area contributed by atoms with Crippen molar-refractivity contribution in [3.8, 4) is 11.4 Å². The lowest BCUT2D eigenvalue weighted by Gasteiger charge is -2.13. The molecule has 2 N–H and O–H groups in total. The molecule has 0 fully saturated rings. The first-order valence-corrected chi connectivity index (χ1v) is 8.09. The number of carbonyl (C=O) groups is 1. The van der Waals surface area contributed by atoms with Crippen molar-refractivity contribution >= 4 is 17.3 Å². The van der Waals surface area contributed by atoms with Crippen LogP contribution in [0.1, 0.15) is 11.1 Å². The van der Waals surface area contributed by atoms with Gasteiger partial charge in [0.1, 0.15) is 12.1 Å². The third kappa shape index (κ3) is 3.97. The Kier molecular flexibility index (Phi) is 5.12. The molecule has 0 aliphatic carbocycles. The largest absolute Gasteiger partial charge is 0.495 e. The Morgan fingerprint density at radius 2 is 2.04 bits per heavy atom. The van der Waals surface area contributed by atoms with Crippen LogP contribution in [0.2, 0.25) is 0 Å². The summed E-state index contributed by atoms with van der Waals surface area (Å²) in [5.41, 5.74) is 4.41. The van der Waals surface area contributed by atoms with Crippen LogP contribution >= 0.6 is 0 Å². The van der Waals surface area contributed by atoms with Crippen LogP contribution in [0.3, 0.4) is 0 Å². The topological polar surface area (TPSA) is 94.0 Å². The lowest BCUT2D eigenvalue weighted by Crippen LogP contribution is -2.22. The van der Waals surface area contributed by atoms with Crippen molar-refractivity contribution in [2.24, 2.45) is 0 Å². The molecular formula is C18H20N6O2. The molecular weight excluding hydrogens is 332 g/mol. The van der Waals surface area contributed by atoms with Gasteiger partial charge in [-0.25, -0.2) is 4.68 Å². The number of ether oxygens (including phenoxy) is 1. The fraction of sp³-hybridized carbons (Fsp3) is 0.222. The number of aryl methyl sites for hydroxylation is 2. The van der Waals surface area contributed by atoms with Crippen molar-refractivity contribution < 1.29 is 9.53 Å². The zero-order valence-corrected chi connectivity index (χ0v) is 14.9. The number of nitrogens with zero attached hydrogens (tertiary/aromatic N) is 4. The van der Waals surface area contributed by atoms with Gasteiger partial charge in [0.15, 0.2) is 0 Å². The van der Waals surface area contributed by atoms with E-state index < -0.39 is 0 Å². The fourth-order valence-electron chi connectivity index (χ4n) is 2.59. The quantitative estimate of drug-likeness (QED) is 0.707. The predicted octanol–water partition coefficient (Wildman–Crippen LogP) is 2.34. The lowest BCUT2D eigenvalue weighted by molar-refractivity contribution is -0.114. The molecule has 1 heterocycles. The maximum Gasteiger partial charge on any atom is 0.243 e. The second-order valence-corrected chi connectivity index (χ2v) is 5.86. The molecule has 8 nitrogen and oxygen atoms in total. The molecule has 0 unspecified atom stereocenters. The zero-order valence-electron chi connectivity index (χ0n) is 14.9. The monoisotopic (exact) mass is 352 g/mol. The van der Waals surface area contributed by atoms with Crippen molar-refractivity contribution in [1.29, 1.82) is 0 Å². The standard InChI is InChI=1S/C18H20N6O2/c1-12-4-7-17(26-3)15(8-12)21-18(25)10-19-14-5-6-16(13(2)9-14)24-11-20-22-23-24/h4-9,11,19H,10H2,1-3H3,(H,21,25). The first kappa shape index (κ1) is 17.4. The SMILES string of the molecule is COc1ccc(C)cc1NC(=O)CNc1ccc(-n2cnnn2)c(C)c1. The summed E-state index contributed by atoms with van der Waals surface area (Å²) in [5, 5.41) is 17.1. The van der Waals surface area contributed by atoms with Gasteiger partial charge in [-0.05, 0) is 65.7 Å². The molecule has 3 aromatic rings. The van der Waals surface area contributed by atoms with Crippen molar-refractivity contribution in [2.75, 3.05) is 24.3 Å². The van der Waals surface area contributed by atoms with E-state index in [0.29, 0.717) is 11.4 Å². The van der Waals surface area contributed by atoms with E-state index in [9.17, 15) is 4.79 Å². The number of carbonyl (C=O) groups excluding carboxylic acids is 1. The van der Waals surface area contributed by atoms with E-state index >= 15 is 0 Å². The molecule has 1 amide bonds. The number of rotatable bonds is 6. The molecule has 2 aromatic carbocycles. The van der Waals surface area contributed by atoms with Crippen molar-refractivity contribution in [3.05, 3.63) is 53.9 Å². The van der Waals surface area contributed by atoms with Gasteiger partial charge in [0.05, 0.1) is 25.0 Å². The summed E-state index contributed by atoms with van der Waals surface area (Å²) in [6.07, 6.45) is 1.54. The van der Waals surface area contributed by atoms with E-state index in [1.165, 1.54) is 6.33 Å². The minimum Gasteiger partial charge on any atom is -0.495 e. The van der Waals surface area contributed by atoms with Gasteiger partial charge in [-0.3, -0.25) is 4.79 Å². The van der Waals surface area contributed by atoms with E-state index in [0.717, 1.165) is 22.5 Å². The van der Waals surface area contributed by atoms with Crippen LogP contribution in [0, 0.1) is 13.8 Å². The Labute approximate surface area is 151 Å². The molecule has 0 atom stereocenters. The summed E-state index contributed by atoms with van der Waals surface area (Å²) in [6, 6.07) is 11.4. The van der Waals surface area contributed by atoms with Gasteiger partial charge < -0.3 is 15.4 Å². The molecule has 1 aromatic heterocycles. The minimum atomic E-state index is -0.156. The number of aromatic nitrogens is 4. The molecule has 8 heteroatoms. The number of anilines is 2. The molecule has 0 bridgehead atoms. The Hall–Kier alpha value is -3.42. The van der Waals surface area contributed by atoms with Crippen LogP contribution in [0.25, 0.3) is 5.69 Å². The minimum absolute atomic E-state index is 0.140. The first-order valence-electron chi connectivity index (χ1n) is 8.09. The number of tetrazole rings is 1. The third-order valence-corrected chi connectivity index (χ3v) is 3.87. The average Bonchev–Trinajstić information content (AvgIpc) is 3.14. The van der Waals surface area contributed by atoms with Gasteiger partial charge in [-0.2, -0.15) is 0 Å². The Balaban J connectivity index is 1.63. The maximum absolute atomic E-state index is 12.2. The highest BCUT2D eigenvalue weighted by Gasteiger charge is 2.09. The van der Waals surface area contributed by atoms with Gasteiger partial charge in [-0.1, -0.05) is 6.07 Å². The molecule has 0 saturated heterocycles. The molecule has 26 heavy (non-hydrogen) atoms. The molecule has 0 aliphatic rings. The van der Waals surface area contributed by atoms with Crippen LogP contribution < -0.4 is 15.4 Å². The summed E-state index contributed by atoms with van der Waals surface area (Å²) in [5.74, 6) is 0.474. The van der Waals surface area contributed by atoms with E-state index in [1.54, 1.807) is 11.8 Å². The Bertz CT molecular complexity index is 908. The van der Waals surface area contributed by atoms with Gasteiger partial charge in [0.2, 0.25) is 5.91 Å².